The molecule has 16 heavy (non-hydrogen) atoms. The number of hydrogen-bond acceptors (Lipinski definition) is 4. The summed E-state index contributed by atoms with van der Waals surface area (Å²) < 4.78 is 1.72. The largest absolute Gasteiger partial charge is 0.490 e. The Labute approximate surface area is 93.5 Å². The number of hydrogen-bond donors (Lipinski definition) is 2. The number of pyridine rings is 1. The van der Waals surface area contributed by atoms with E-state index < -0.39 is 7.12 Å². The van der Waals surface area contributed by atoms with E-state index in [1.165, 1.54) is 6.20 Å². The van der Waals surface area contributed by atoms with Crippen LogP contribution < -0.4 is 5.46 Å². The van der Waals surface area contributed by atoms with Crippen molar-refractivity contribution in [3.63, 3.8) is 0 Å². The molecule has 0 fully saturated rings. The van der Waals surface area contributed by atoms with Crippen LogP contribution in [-0.2, 0) is 0 Å². The van der Waals surface area contributed by atoms with Crippen molar-refractivity contribution in [1.29, 1.82) is 0 Å². The van der Waals surface area contributed by atoms with Crippen molar-refractivity contribution in [2.24, 2.45) is 0 Å². The molecule has 0 spiro atoms. The lowest BCUT2D eigenvalue weighted by atomic mass is 9.81. The number of aryl methyl sites for hydroxylation is 2. The number of aromatic nitrogens is 3. The lowest BCUT2D eigenvalue weighted by molar-refractivity contribution is 0.425. The van der Waals surface area contributed by atoms with E-state index in [9.17, 15) is 0 Å². The van der Waals surface area contributed by atoms with Crippen molar-refractivity contribution in [2.45, 2.75) is 13.8 Å². The Morgan fingerprint density at radius 1 is 1.19 bits per heavy atom. The summed E-state index contributed by atoms with van der Waals surface area (Å²) in [4.78, 5) is 3.95. The molecule has 2 rings (SSSR count). The molecule has 0 aliphatic carbocycles. The monoisotopic (exact) mass is 217 g/mol. The highest BCUT2D eigenvalue weighted by Gasteiger charge is 2.13. The van der Waals surface area contributed by atoms with Gasteiger partial charge in [-0.25, -0.2) is 4.68 Å². The maximum Gasteiger partial charge on any atom is 0.490 e. The fourth-order valence-electron chi connectivity index (χ4n) is 1.59. The molecule has 6 heteroatoms. The number of nitrogens with zero attached hydrogens (tertiary/aromatic N) is 3. The molecule has 0 atom stereocenters. The highest BCUT2D eigenvalue weighted by Crippen LogP contribution is 2.09. The standard InChI is InChI=1S/C10H12BN3O2/c1-7-3-8(2)14(13-7)10-4-9(11(15)16)5-12-6-10/h3-6,15-16H,1-2H3. The van der Waals surface area contributed by atoms with Gasteiger partial charge in [-0.05, 0) is 26.0 Å². The van der Waals surface area contributed by atoms with E-state index in [2.05, 4.69) is 10.1 Å². The lowest BCUT2D eigenvalue weighted by Gasteiger charge is -2.05. The Kier molecular flexibility index (Phi) is 2.76. The molecule has 0 bridgehead atoms. The summed E-state index contributed by atoms with van der Waals surface area (Å²) in [5, 5.41) is 22.4. The van der Waals surface area contributed by atoms with E-state index in [0.717, 1.165) is 17.1 Å². The summed E-state index contributed by atoms with van der Waals surface area (Å²) in [5.41, 5.74) is 2.96. The van der Waals surface area contributed by atoms with Crippen molar-refractivity contribution in [3.05, 3.63) is 35.9 Å². The van der Waals surface area contributed by atoms with Crippen LogP contribution in [0.15, 0.2) is 24.5 Å². The smallest absolute Gasteiger partial charge is 0.423 e. The van der Waals surface area contributed by atoms with E-state index in [-0.39, 0.29) is 0 Å². The minimum absolute atomic E-state index is 0.352. The molecule has 0 saturated heterocycles. The van der Waals surface area contributed by atoms with Crippen LogP contribution in [0.25, 0.3) is 5.69 Å². The fraction of sp³-hybridized carbons (Fsp3) is 0.200. The van der Waals surface area contributed by atoms with Gasteiger partial charge in [0.15, 0.2) is 0 Å². The molecule has 2 heterocycles. The van der Waals surface area contributed by atoms with Crippen LogP contribution in [-0.4, -0.2) is 31.9 Å². The molecule has 2 aromatic rings. The van der Waals surface area contributed by atoms with Crippen LogP contribution in [0, 0.1) is 13.8 Å². The van der Waals surface area contributed by atoms with Gasteiger partial charge in [0, 0.05) is 17.4 Å². The zero-order chi connectivity index (χ0) is 11.7. The second-order valence-corrected chi connectivity index (χ2v) is 3.69. The highest BCUT2D eigenvalue weighted by atomic mass is 16.4. The Morgan fingerprint density at radius 3 is 2.50 bits per heavy atom. The van der Waals surface area contributed by atoms with Gasteiger partial charge < -0.3 is 10.0 Å². The Balaban J connectivity index is 2.48. The van der Waals surface area contributed by atoms with Gasteiger partial charge in [0.1, 0.15) is 0 Å². The van der Waals surface area contributed by atoms with Crippen LogP contribution in [0.2, 0.25) is 0 Å². The van der Waals surface area contributed by atoms with Gasteiger partial charge in [0.25, 0.3) is 0 Å². The normalized spacial score (nSPS) is 10.5. The molecule has 2 N–H and O–H groups in total. The fourth-order valence-corrected chi connectivity index (χ4v) is 1.59. The second kappa shape index (κ2) is 4.07. The highest BCUT2D eigenvalue weighted by molar-refractivity contribution is 6.58. The maximum absolute atomic E-state index is 9.06. The minimum Gasteiger partial charge on any atom is -0.423 e. The van der Waals surface area contributed by atoms with Gasteiger partial charge in [-0.15, -0.1) is 0 Å². The van der Waals surface area contributed by atoms with E-state index in [0.29, 0.717) is 5.46 Å². The Morgan fingerprint density at radius 2 is 1.94 bits per heavy atom. The third kappa shape index (κ3) is 1.98. The molecule has 0 saturated carbocycles. The molecule has 0 amide bonds. The van der Waals surface area contributed by atoms with Gasteiger partial charge >= 0.3 is 7.12 Å². The molecular formula is C10H12BN3O2. The first-order valence-electron chi connectivity index (χ1n) is 4.92. The van der Waals surface area contributed by atoms with Crippen molar-refractivity contribution < 1.29 is 10.0 Å². The second-order valence-electron chi connectivity index (χ2n) is 3.69. The SMILES string of the molecule is Cc1cc(C)n(-c2cncc(B(O)O)c2)n1. The first-order valence-corrected chi connectivity index (χ1v) is 4.92. The van der Waals surface area contributed by atoms with Crippen LogP contribution in [0.5, 0.6) is 0 Å². The third-order valence-corrected chi connectivity index (χ3v) is 2.30. The average Bonchev–Trinajstić information content (AvgIpc) is 2.58. The van der Waals surface area contributed by atoms with Gasteiger partial charge in [-0.1, -0.05) is 0 Å². The molecular weight excluding hydrogens is 205 g/mol. The first-order chi connectivity index (χ1) is 7.58. The van der Waals surface area contributed by atoms with Gasteiger partial charge in [0.05, 0.1) is 17.6 Å². The minimum atomic E-state index is -1.51. The van der Waals surface area contributed by atoms with Gasteiger partial charge in [-0.2, -0.15) is 5.10 Å². The average molecular weight is 217 g/mol. The van der Waals surface area contributed by atoms with Crippen molar-refractivity contribution >= 4 is 12.6 Å². The van der Waals surface area contributed by atoms with Crippen molar-refractivity contribution in [2.75, 3.05) is 0 Å². The van der Waals surface area contributed by atoms with Crippen LogP contribution in [0.4, 0.5) is 0 Å². The summed E-state index contributed by atoms with van der Waals surface area (Å²) in [6.45, 7) is 3.84. The predicted octanol–water partition coefficient (Wildman–Crippen LogP) is -0.436. The molecule has 0 unspecified atom stereocenters. The Hall–Kier alpha value is -1.66. The molecule has 2 aromatic heterocycles. The quantitative estimate of drug-likeness (QED) is 0.669. The van der Waals surface area contributed by atoms with Crippen LogP contribution in [0.3, 0.4) is 0 Å². The zero-order valence-electron chi connectivity index (χ0n) is 9.12. The summed E-state index contributed by atoms with van der Waals surface area (Å²) in [6.07, 6.45) is 3.05. The Bertz CT molecular complexity index is 511. The van der Waals surface area contributed by atoms with Crippen LogP contribution in [0.1, 0.15) is 11.4 Å². The maximum atomic E-state index is 9.06. The lowest BCUT2D eigenvalue weighted by Crippen LogP contribution is -2.30. The molecule has 0 aromatic carbocycles. The topological polar surface area (TPSA) is 71.2 Å². The van der Waals surface area contributed by atoms with Gasteiger partial charge in [0.2, 0.25) is 0 Å². The first kappa shape index (κ1) is 10.8. The molecule has 5 nitrogen and oxygen atoms in total. The summed E-state index contributed by atoms with van der Waals surface area (Å²) in [5.74, 6) is 0. The molecule has 0 aliphatic heterocycles. The van der Waals surface area contributed by atoms with E-state index in [1.54, 1.807) is 16.9 Å². The summed E-state index contributed by atoms with van der Waals surface area (Å²) in [6, 6.07) is 3.60. The zero-order valence-corrected chi connectivity index (χ0v) is 9.12. The predicted molar refractivity (Wildman–Crippen MR) is 60.7 cm³/mol. The third-order valence-electron chi connectivity index (χ3n) is 2.30. The van der Waals surface area contributed by atoms with Crippen LogP contribution >= 0.6 is 0 Å². The number of rotatable bonds is 2. The summed E-state index contributed by atoms with van der Waals surface area (Å²) in [7, 11) is -1.51. The molecule has 82 valence electrons. The van der Waals surface area contributed by atoms with Crippen molar-refractivity contribution in [1.82, 2.24) is 14.8 Å². The van der Waals surface area contributed by atoms with E-state index in [1.807, 2.05) is 19.9 Å². The molecule has 0 aliphatic rings. The van der Waals surface area contributed by atoms with E-state index >= 15 is 0 Å². The molecule has 0 radical (unpaired) electrons. The summed E-state index contributed by atoms with van der Waals surface area (Å²) >= 11 is 0. The van der Waals surface area contributed by atoms with E-state index in [4.69, 9.17) is 10.0 Å². The van der Waals surface area contributed by atoms with Crippen molar-refractivity contribution in [3.8, 4) is 5.69 Å². The van der Waals surface area contributed by atoms with Gasteiger partial charge in [-0.3, -0.25) is 4.98 Å².